The first-order chi connectivity index (χ1) is 11.8. The molecule has 0 radical (unpaired) electrons. The molecule has 4 heteroatoms. The Morgan fingerprint density at radius 2 is 2.08 bits per heavy atom. The molecule has 24 heavy (non-hydrogen) atoms. The van der Waals surface area contributed by atoms with Gasteiger partial charge in [-0.3, -0.25) is 0 Å². The highest BCUT2D eigenvalue weighted by Crippen LogP contribution is 2.28. The van der Waals surface area contributed by atoms with Crippen LogP contribution in [0.2, 0.25) is 0 Å². The van der Waals surface area contributed by atoms with E-state index in [1.807, 2.05) is 25.6 Å². The van der Waals surface area contributed by atoms with Crippen molar-refractivity contribution in [1.29, 1.82) is 0 Å². The molecule has 1 aromatic heterocycles. The zero-order valence-corrected chi connectivity index (χ0v) is 14.4. The minimum Gasteiger partial charge on any atom is -0.494 e. The van der Waals surface area contributed by atoms with Gasteiger partial charge in [0.2, 0.25) is 0 Å². The first kappa shape index (κ1) is 16.5. The summed E-state index contributed by atoms with van der Waals surface area (Å²) in [6.07, 6.45) is 5.70. The van der Waals surface area contributed by atoms with Gasteiger partial charge in [0.15, 0.2) is 0 Å². The van der Waals surface area contributed by atoms with E-state index < -0.39 is 0 Å². The molecule has 0 aliphatic carbocycles. The van der Waals surface area contributed by atoms with Gasteiger partial charge in [-0.2, -0.15) is 0 Å². The minimum atomic E-state index is 0.532. The van der Waals surface area contributed by atoms with Crippen molar-refractivity contribution in [3.63, 3.8) is 0 Å². The summed E-state index contributed by atoms with van der Waals surface area (Å²) < 4.78 is 7.96. The number of benzene rings is 2. The maximum Gasteiger partial charge on any atom is 0.124 e. The summed E-state index contributed by atoms with van der Waals surface area (Å²) in [5.41, 5.74) is 1.24. The van der Waals surface area contributed by atoms with Crippen LogP contribution in [0.5, 0.6) is 5.75 Å². The lowest BCUT2D eigenvalue weighted by Crippen LogP contribution is -2.24. The Kier molecular flexibility index (Phi) is 5.49. The quantitative estimate of drug-likeness (QED) is 0.684. The number of hydrogen-bond acceptors (Lipinski definition) is 3. The SMILES string of the molecule is CCOc1ccc2ccccc2c1CNCC(C)Cn1ccnc1. The fourth-order valence-corrected chi connectivity index (χ4v) is 3.05. The van der Waals surface area contributed by atoms with Crippen molar-refractivity contribution < 1.29 is 4.74 Å². The molecule has 0 saturated carbocycles. The predicted octanol–water partition coefficient (Wildman–Crippen LogP) is 3.86. The van der Waals surface area contributed by atoms with Crippen molar-refractivity contribution in [1.82, 2.24) is 14.9 Å². The zero-order valence-electron chi connectivity index (χ0n) is 14.4. The van der Waals surface area contributed by atoms with E-state index >= 15 is 0 Å². The number of nitrogens with one attached hydrogen (secondary N) is 1. The average molecular weight is 323 g/mol. The van der Waals surface area contributed by atoms with Crippen molar-refractivity contribution in [3.8, 4) is 5.75 Å². The van der Waals surface area contributed by atoms with Crippen molar-refractivity contribution in [2.75, 3.05) is 13.2 Å². The highest BCUT2D eigenvalue weighted by molar-refractivity contribution is 5.87. The lowest BCUT2D eigenvalue weighted by Gasteiger charge is -2.16. The van der Waals surface area contributed by atoms with Crippen LogP contribution in [0.25, 0.3) is 10.8 Å². The third kappa shape index (κ3) is 3.95. The number of fused-ring (bicyclic) bond motifs is 1. The maximum absolute atomic E-state index is 5.84. The highest BCUT2D eigenvalue weighted by atomic mass is 16.5. The third-order valence-electron chi connectivity index (χ3n) is 4.17. The predicted molar refractivity (Wildman–Crippen MR) is 98.2 cm³/mol. The number of imidazole rings is 1. The van der Waals surface area contributed by atoms with Crippen molar-refractivity contribution >= 4 is 10.8 Å². The maximum atomic E-state index is 5.84. The molecule has 0 aliphatic rings. The van der Waals surface area contributed by atoms with E-state index in [2.05, 4.69) is 58.2 Å². The summed E-state index contributed by atoms with van der Waals surface area (Å²) >= 11 is 0. The van der Waals surface area contributed by atoms with Gasteiger partial charge in [0.25, 0.3) is 0 Å². The van der Waals surface area contributed by atoms with E-state index in [9.17, 15) is 0 Å². The zero-order chi connectivity index (χ0) is 16.8. The first-order valence-electron chi connectivity index (χ1n) is 8.57. The second-order valence-corrected chi connectivity index (χ2v) is 6.19. The second-order valence-electron chi connectivity index (χ2n) is 6.19. The van der Waals surface area contributed by atoms with E-state index in [-0.39, 0.29) is 0 Å². The molecule has 4 nitrogen and oxygen atoms in total. The molecule has 1 heterocycles. The summed E-state index contributed by atoms with van der Waals surface area (Å²) in [7, 11) is 0. The van der Waals surface area contributed by atoms with Crippen LogP contribution in [0.3, 0.4) is 0 Å². The molecule has 1 atom stereocenters. The number of ether oxygens (including phenoxy) is 1. The summed E-state index contributed by atoms with van der Waals surface area (Å²) in [6.45, 7) is 7.69. The van der Waals surface area contributed by atoms with Gasteiger partial charge in [-0.1, -0.05) is 37.3 Å². The molecular weight excluding hydrogens is 298 g/mol. The van der Waals surface area contributed by atoms with Crippen LogP contribution < -0.4 is 10.1 Å². The Morgan fingerprint density at radius 3 is 2.88 bits per heavy atom. The number of nitrogens with zero attached hydrogens (tertiary/aromatic N) is 2. The molecule has 0 bridgehead atoms. The van der Waals surface area contributed by atoms with Crippen LogP contribution in [-0.2, 0) is 13.1 Å². The summed E-state index contributed by atoms with van der Waals surface area (Å²) in [5, 5.41) is 6.11. The summed E-state index contributed by atoms with van der Waals surface area (Å²) in [4.78, 5) is 4.10. The minimum absolute atomic E-state index is 0.532. The van der Waals surface area contributed by atoms with Gasteiger partial charge in [0.1, 0.15) is 5.75 Å². The van der Waals surface area contributed by atoms with E-state index in [0.717, 1.165) is 25.4 Å². The molecule has 1 N–H and O–H groups in total. The molecule has 0 fully saturated rings. The number of aromatic nitrogens is 2. The summed E-state index contributed by atoms with van der Waals surface area (Å²) in [6, 6.07) is 12.7. The Labute approximate surface area is 143 Å². The van der Waals surface area contributed by atoms with Gasteiger partial charge in [0, 0.05) is 31.0 Å². The van der Waals surface area contributed by atoms with Gasteiger partial charge < -0.3 is 14.6 Å². The standard InChI is InChI=1S/C20H25N3O/c1-3-24-20-9-8-17-6-4-5-7-18(17)19(20)13-22-12-16(2)14-23-11-10-21-15-23/h4-11,15-16,22H,3,12-14H2,1-2H3. The van der Waals surface area contributed by atoms with Crippen LogP contribution in [0.1, 0.15) is 19.4 Å². The summed E-state index contributed by atoms with van der Waals surface area (Å²) in [5.74, 6) is 1.51. The van der Waals surface area contributed by atoms with Crippen LogP contribution >= 0.6 is 0 Å². The van der Waals surface area contributed by atoms with E-state index in [1.165, 1.54) is 16.3 Å². The number of rotatable bonds is 8. The number of hydrogen-bond donors (Lipinski definition) is 1. The molecule has 2 aromatic carbocycles. The Hall–Kier alpha value is -2.33. The second kappa shape index (κ2) is 7.97. The van der Waals surface area contributed by atoms with Gasteiger partial charge in [0.05, 0.1) is 12.9 Å². The van der Waals surface area contributed by atoms with Crippen molar-refractivity contribution in [2.45, 2.75) is 26.9 Å². The molecule has 0 spiro atoms. The molecule has 126 valence electrons. The van der Waals surface area contributed by atoms with Crippen LogP contribution in [0.4, 0.5) is 0 Å². The molecule has 0 saturated heterocycles. The average Bonchev–Trinajstić information content (AvgIpc) is 3.09. The van der Waals surface area contributed by atoms with Crippen molar-refractivity contribution in [2.24, 2.45) is 5.92 Å². The Bertz CT molecular complexity index is 768. The lowest BCUT2D eigenvalue weighted by atomic mass is 10.0. The van der Waals surface area contributed by atoms with Crippen LogP contribution in [0, 0.1) is 5.92 Å². The molecule has 0 amide bonds. The van der Waals surface area contributed by atoms with Crippen molar-refractivity contribution in [3.05, 3.63) is 60.7 Å². The van der Waals surface area contributed by atoms with E-state index in [4.69, 9.17) is 4.74 Å². The van der Waals surface area contributed by atoms with Crippen LogP contribution in [-0.4, -0.2) is 22.7 Å². The Balaban J connectivity index is 1.68. The lowest BCUT2D eigenvalue weighted by molar-refractivity contribution is 0.335. The monoisotopic (exact) mass is 323 g/mol. The molecule has 3 aromatic rings. The smallest absolute Gasteiger partial charge is 0.124 e. The highest BCUT2D eigenvalue weighted by Gasteiger charge is 2.09. The topological polar surface area (TPSA) is 39.1 Å². The Morgan fingerprint density at radius 1 is 1.21 bits per heavy atom. The molecule has 3 rings (SSSR count). The van der Waals surface area contributed by atoms with E-state index in [0.29, 0.717) is 12.5 Å². The van der Waals surface area contributed by atoms with Gasteiger partial charge >= 0.3 is 0 Å². The fraction of sp³-hybridized carbons (Fsp3) is 0.350. The molecule has 1 unspecified atom stereocenters. The third-order valence-corrected chi connectivity index (χ3v) is 4.17. The first-order valence-corrected chi connectivity index (χ1v) is 8.57. The van der Waals surface area contributed by atoms with E-state index in [1.54, 1.807) is 0 Å². The van der Waals surface area contributed by atoms with Gasteiger partial charge in [-0.25, -0.2) is 4.98 Å². The molecule has 0 aliphatic heterocycles. The normalized spacial score (nSPS) is 12.4. The van der Waals surface area contributed by atoms with Crippen LogP contribution in [0.15, 0.2) is 55.1 Å². The van der Waals surface area contributed by atoms with Gasteiger partial charge in [-0.05, 0) is 36.2 Å². The largest absolute Gasteiger partial charge is 0.494 e. The van der Waals surface area contributed by atoms with Gasteiger partial charge in [-0.15, -0.1) is 0 Å². The fourth-order valence-electron chi connectivity index (χ4n) is 3.05. The molecular formula is C20H25N3O.